The summed E-state index contributed by atoms with van der Waals surface area (Å²) < 4.78 is 68.0. The number of aliphatic hydroxyl groups excluding tert-OH is 1. The van der Waals surface area contributed by atoms with Crippen molar-refractivity contribution in [1.29, 1.82) is 0 Å². The third-order valence-electron chi connectivity index (χ3n) is 13.9. The van der Waals surface area contributed by atoms with E-state index in [9.17, 15) is 43.2 Å². The summed E-state index contributed by atoms with van der Waals surface area (Å²) in [5.74, 6) is -2.56. The van der Waals surface area contributed by atoms with Crippen molar-refractivity contribution in [2.24, 2.45) is 0 Å². The average molecular weight is 1410 g/mol. The number of hydrogen-bond donors (Lipinski definition) is 3. The summed E-state index contributed by atoms with van der Waals surface area (Å²) >= 11 is 0. The number of carbonyl (C=O) groups excluding carboxylic acids is 4. The number of allylic oxidation sites excluding steroid dienone is 28. The van der Waals surface area contributed by atoms with Crippen LogP contribution in [0, 0.1) is 0 Å². The van der Waals surface area contributed by atoms with Gasteiger partial charge in [0.2, 0.25) is 0 Å². The Hall–Kier alpha value is -5.84. The molecule has 5 atom stereocenters. The van der Waals surface area contributed by atoms with E-state index in [1.54, 1.807) is 12.2 Å². The molecular formula is C79H124O17P2. The second-order valence-electron chi connectivity index (χ2n) is 23.1. The Bertz CT molecular complexity index is 2580. The molecule has 0 bridgehead atoms. The van der Waals surface area contributed by atoms with Gasteiger partial charge in [-0.25, -0.2) is 9.13 Å². The van der Waals surface area contributed by atoms with E-state index < -0.39 is 97.5 Å². The first kappa shape index (κ1) is 92.2. The van der Waals surface area contributed by atoms with Crippen molar-refractivity contribution < 1.29 is 80.2 Å². The van der Waals surface area contributed by atoms with Crippen LogP contribution in [-0.4, -0.2) is 96.7 Å². The third-order valence-corrected chi connectivity index (χ3v) is 15.8. The minimum atomic E-state index is -5.02. The lowest BCUT2D eigenvalue weighted by molar-refractivity contribution is -0.161. The fourth-order valence-corrected chi connectivity index (χ4v) is 10.1. The third kappa shape index (κ3) is 68.7. The van der Waals surface area contributed by atoms with Crippen molar-refractivity contribution in [1.82, 2.24) is 0 Å². The lowest BCUT2D eigenvalue weighted by atomic mass is 10.1. The molecule has 0 aliphatic rings. The van der Waals surface area contributed by atoms with E-state index in [2.05, 4.69) is 155 Å². The predicted molar refractivity (Wildman–Crippen MR) is 399 cm³/mol. The number of aliphatic hydroxyl groups is 1. The van der Waals surface area contributed by atoms with Gasteiger partial charge in [-0.15, -0.1) is 0 Å². The molecule has 552 valence electrons. The van der Waals surface area contributed by atoms with Crippen LogP contribution < -0.4 is 0 Å². The van der Waals surface area contributed by atoms with Gasteiger partial charge < -0.3 is 33.8 Å². The van der Waals surface area contributed by atoms with Crippen molar-refractivity contribution in [2.75, 3.05) is 39.6 Å². The van der Waals surface area contributed by atoms with Crippen LogP contribution in [0.3, 0.4) is 0 Å². The summed E-state index contributed by atoms with van der Waals surface area (Å²) in [5.41, 5.74) is 0. The first-order valence-corrected chi connectivity index (χ1v) is 39.0. The molecule has 0 aliphatic heterocycles. The van der Waals surface area contributed by atoms with Crippen LogP contribution in [0.4, 0.5) is 0 Å². The van der Waals surface area contributed by atoms with E-state index in [-0.39, 0.29) is 25.7 Å². The Morgan fingerprint density at radius 2 is 0.561 bits per heavy atom. The second kappa shape index (κ2) is 69.6. The highest BCUT2D eigenvalue weighted by molar-refractivity contribution is 7.47. The van der Waals surface area contributed by atoms with Gasteiger partial charge in [0.25, 0.3) is 0 Å². The number of ether oxygens (including phenoxy) is 4. The molecule has 0 aromatic carbocycles. The molecule has 3 N–H and O–H groups in total. The first-order chi connectivity index (χ1) is 47.7. The van der Waals surface area contributed by atoms with Crippen LogP contribution in [0.15, 0.2) is 182 Å². The monoisotopic (exact) mass is 1410 g/mol. The molecule has 5 unspecified atom stereocenters. The van der Waals surface area contributed by atoms with Crippen LogP contribution in [0.5, 0.6) is 0 Å². The molecule has 0 saturated carbocycles. The van der Waals surface area contributed by atoms with Gasteiger partial charge in [-0.1, -0.05) is 249 Å². The topological polar surface area (TPSA) is 237 Å². The quantitative estimate of drug-likeness (QED) is 0.0169. The summed E-state index contributed by atoms with van der Waals surface area (Å²) in [4.78, 5) is 72.6. The van der Waals surface area contributed by atoms with Gasteiger partial charge in [0.05, 0.1) is 39.3 Å². The van der Waals surface area contributed by atoms with Gasteiger partial charge in [-0.3, -0.25) is 37.3 Å². The highest BCUT2D eigenvalue weighted by Gasteiger charge is 2.30. The maximum absolute atomic E-state index is 13.0. The minimum absolute atomic E-state index is 0.0136. The minimum Gasteiger partial charge on any atom is -0.461 e. The molecule has 98 heavy (non-hydrogen) atoms. The number of carbonyl (C=O) groups is 4. The number of unbranched alkanes of at least 4 members (excludes halogenated alkanes) is 11. The molecule has 0 saturated heterocycles. The summed E-state index contributed by atoms with van der Waals surface area (Å²) in [5, 5.41) is 10.6. The maximum atomic E-state index is 13.0. The lowest BCUT2D eigenvalue weighted by Gasteiger charge is -2.21. The fourth-order valence-electron chi connectivity index (χ4n) is 8.53. The lowest BCUT2D eigenvalue weighted by Crippen LogP contribution is -2.30. The highest BCUT2D eigenvalue weighted by Crippen LogP contribution is 2.45. The summed E-state index contributed by atoms with van der Waals surface area (Å²) in [6.07, 6.45) is 82.5. The number of hydrogen-bond acceptors (Lipinski definition) is 15. The van der Waals surface area contributed by atoms with E-state index >= 15 is 0 Å². The molecule has 19 heteroatoms. The Labute approximate surface area is 590 Å². The zero-order valence-corrected chi connectivity index (χ0v) is 61.7. The SMILES string of the molecule is CC/C=C\C/C=C\C/C=C\C/C=C\C/C=C\CC(=O)OCC(COP(=O)(O)OCC(O)COP(=O)(O)OCC(COC(=O)C/C=C\C/C=C\C/C=C\C/C=C\C/C=C\CC)OC(=O)CCCCCCC/C=C\CCCCCC)OC(=O)CCCC/C=C\C/C=C\C/C=C\C/C=C\CC. The fraction of sp³-hybridized carbons (Fsp3) is 0.570. The van der Waals surface area contributed by atoms with Crippen molar-refractivity contribution in [3.8, 4) is 0 Å². The molecule has 17 nitrogen and oxygen atoms in total. The van der Waals surface area contributed by atoms with Crippen LogP contribution in [0.2, 0.25) is 0 Å². The number of rotatable bonds is 65. The molecule has 0 amide bonds. The van der Waals surface area contributed by atoms with E-state index in [0.717, 1.165) is 122 Å². The zero-order valence-electron chi connectivity index (χ0n) is 59.9. The Morgan fingerprint density at radius 1 is 0.306 bits per heavy atom. The maximum Gasteiger partial charge on any atom is 0.472 e. The number of esters is 4. The van der Waals surface area contributed by atoms with Gasteiger partial charge in [0.15, 0.2) is 12.2 Å². The Morgan fingerprint density at radius 3 is 0.898 bits per heavy atom. The first-order valence-electron chi connectivity index (χ1n) is 36.0. The van der Waals surface area contributed by atoms with E-state index in [4.69, 9.17) is 37.0 Å². The van der Waals surface area contributed by atoms with Gasteiger partial charge in [0.1, 0.15) is 19.3 Å². The zero-order chi connectivity index (χ0) is 71.8. The average Bonchev–Trinajstić information content (AvgIpc) is 1.04. The molecule has 0 rings (SSSR count). The summed E-state index contributed by atoms with van der Waals surface area (Å²) in [6.45, 7) is 4.16. The standard InChI is InChI=1S/C79H124O17P2/c1-5-9-13-17-21-25-29-33-36-40-43-47-51-55-59-63-76(81)89-69-74(95-78(83)65-61-57-53-49-45-39-32-28-24-20-16-12-8-4)71-93-97(85,86)91-67-73(80)68-92-98(87,88)94-72-75(96-79(84)66-62-58-54-50-46-42-38-35-31-27-23-19-15-11-7-3)70-90-77(82)64-60-56-52-48-44-41-37-34-30-26-22-18-14-10-6-2/h9-11,13-15,21-23,25-28,32-38,43-44,46-48,50,55-56,59-60,73-75,80H,5-8,12,16-20,24,29-31,39-42,45,49,51-54,57-58,61-72H2,1-4H3,(H,85,86)(H,87,88)/b13-9-,14-10-,15-11-,25-21-,26-22-,27-23-,32-28-,36-33-,37-34-,38-35-,47-43-,48-44-,50-46-,59-55-,60-56-. The normalized spacial score (nSPS) is 15.1. The largest absolute Gasteiger partial charge is 0.472 e. The summed E-state index contributed by atoms with van der Waals surface area (Å²) in [6, 6.07) is 0. The molecule has 0 radical (unpaired) electrons. The molecule has 0 fully saturated rings. The molecule has 0 aromatic rings. The second-order valence-corrected chi connectivity index (χ2v) is 26.0. The smallest absolute Gasteiger partial charge is 0.461 e. The molecule has 0 heterocycles. The van der Waals surface area contributed by atoms with E-state index in [0.29, 0.717) is 32.1 Å². The molecule has 0 aliphatic carbocycles. The molecule has 0 aromatic heterocycles. The summed E-state index contributed by atoms with van der Waals surface area (Å²) in [7, 11) is -10.0. The predicted octanol–water partition coefficient (Wildman–Crippen LogP) is 20.4. The van der Waals surface area contributed by atoms with Crippen molar-refractivity contribution in [2.45, 2.75) is 251 Å². The van der Waals surface area contributed by atoms with Gasteiger partial charge in [-0.05, 0) is 141 Å². The van der Waals surface area contributed by atoms with Gasteiger partial charge >= 0.3 is 39.5 Å². The van der Waals surface area contributed by atoms with E-state index in [1.165, 1.54) is 25.7 Å². The van der Waals surface area contributed by atoms with Crippen LogP contribution in [0.1, 0.15) is 233 Å². The highest BCUT2D eigenvalue weighted by atomic mass is 31.2. The number of phosphoric acid groups is 2. The Balaban J connectivity index is 5.55. The molecule has 0 spiro atoms. The Kier molecular flexibility index (Phi) is 65.5. The van der Waals surface area contributed by atoms with Crippen LogP contribution >= 0.6 is 15.6 Å². The van der Waals surface area contributed by atoms with Crippen molar-refractivity contribution in [3.05, 3.63) is 182 Å². The van der Waals surface area contributed by atoms with Gasteiger partial charge in [0, 0.05) is 12.8 Å². The van der Waals surface area contributed by atoms with Crippen molar-refractivity contribution >= 4 is 39.5 Å². The van der Waals surface area contributed by atoms with Crippen LogP contribution in [0.25, 0.3) is 0 Å². The van der Waals surface area contributed by atoms with Crippen LogP contribution in [-0.2, 0) is 65.4 Å². The van der Waals surface area contributed by atoms with Crippen molar-refractivity contribution in [3.63, 3.8) is 0 Å². The molecular weight excluding hydrogens is 1280 g/mol. The van der Waals surface area contributed by atoms with E-state index in [1.807, 2.05) is 42.5 Å². The number of phosphoric ester groups is 2. The van der Waals surface area contributed by atoms with Gasteiger partial charge in [-0.2, -0.15) is 0 Å².